The minimum Gasteiger partial charge on any atom is -0.478 e. The third kappa shape index (κ3) is 3.90. The first-order valence-electron chi connectivity index (χ1n) is 8.93. The lowest BCUT2D eigenvalue weighted by molar-refractivity contribution is -0.123. The summed E-state index contributed by atoms with van der Waals surface area (Å²) >= 11 is 0.846. The average Bonchev–Trinajstić information content (AvgIpc) is 3.30. The smallest absolute Gasteiger partial charge is 0.335 e. The summed E-state index contributed by atoms with van der Waals surface area (Å²) in [4.78, 5) is 37.5. The summed E-state index contributed by atoms with van der Waals surface area (Å²) in [5, 5.41) is 8.65. The molecule has 1 N–H and O–H groups in total. The molecule has 30 heavy (non-hydrogen) atoms. The number of aromatic carboxylic acids is 1. The molecule has 0 spiro atoms. The lowest BCUT2D eigenvalue weighted by atomic mass is 10.2. The molecular formula is C22H15FN2O4S. The van der Waals surface area contributed by atoms with Crippen molar-refractivity contribution in [1.82, 2.24) is 9.47 Å². The molecule has 1 aliphatic heterocycles. The van der Waals surface area contributed by atoms with Crippen LogP contribution in [0.2, 0.25) is 0 Å². The number of carboxylic acids is 1. The third-order valence-corrected chi connectivity index (χ3v) is 5.49. The topological polar surface area (TPSA) is 79.6 Å². The number of nitrogens with zero attached hydrogens (tertiary/aromatic N) is 2. The van der Waals surface area contributed by atoms with Crippen LogP contribution in [0.15, 0.2) is 71.8 Å². The Hall–Kier alpha value is -3.65. The summed E-state index contributed by atoms with van der Waals surface area (Å²) in [6, 6.07) is 15.6. The molecule has 1 aromatic heterocycles. The number of imide groups is 1. The summed E-state index contributed by atoms with van der Waals surface area (Å²) in [6.07, 6.45) is 3.41. The molecule has 0 unspecified atom stereocenters. The second-order valence-corrected chi connectivity index (χ2v) is 7.54. The largest absolute Gasteiger partial charge is 0.478 e. The second kappa shape index (κ2) is 8.00. The maximum absolute atomic E-state index is 13.1. The number of thioether (sulfide) groups is 1. The van der Waals surface area contributed by atoms with Crippen molar-refractivity contribution in [2.75, 3.05) is 0 Å². The van der Waals surface area contributed by atoms with Gasteiger partial charge < -0.3 is 9.67 Å². The fourth-order valence-electron chi connectivity index (χ4n) is 3.05. The van der Waals surface area contributed by atoms with Crippen LogP contribution in [0.25, 0.3) is 11.8 Å². The maximum atomic E-state index is 13.1. The van der Waals surface area contributed by atoms with Crippen molar-refractivity contribution in [1.29, 1.82) is 0 Å². The number of aromatic nitrogens is 1. The van der Waals surface area contributed by atoms with Gasteiger partial charge in [-0.15, -0.1) is 0 Å². The molecule has 0 bridgehead atoms. The van der Waals surface area contributed by atoms with Crippen LogP contribution < -0.4 is 0 Å². The number of carbonyl (C=O) groups is 3. The van der Waals surface area contributed by atoms with E-state index in [4.69, 9.17) is 5.11 Å². The number of carbonyl (C=O) groups excluding carboxylic acids is 2. The van der Waals surface area contributed by atoms with E-state index in [9.17, 15) is 18.8 Å². The van der Waals surface area contributed by atoms with Crippen LogP contribution >= 0.6 is 11.8 Å². The number of amides is 2. The zero-order valence-corrected chi connectivity index (χ0v) is 16.3. The van der Waals surface area contributed by atoms with E-state index in [2.05, 4.69) is 0 Å². The predicted octanol–water partition coefficient (Wildman–Crippen LogP) is 4.55. The van der Waals surface area contributed by atoms with Crippen LogP contribution in [0.5, 0.6) is 0 Å². The molecule has 2 amide bonds. The Morgan fingerprint density at radius 1 is 1.03 bits per heavy atom. The maximum Gasteiger partial charge on any atom is 0.335 e. The molecule has 1 saturated heterocycles. The molecule has 1 fully saturated rings. The van der Waals surface area contributed by atoms with Crippen LogP contribution in [0.1, 0.15) is 21.6 Å². The fourth-order valence-corrected chi connectivity index (χ4v) is 3.88. The van der Waals surface area contributed by atoms with E-state index >= 15 is 0 Å². The van der Waals surface area contributed by atoms with E-state index in [1.807, 2.05) is 0 Å². The Bertz CT molecular complexity index is 1170. The molecule has 2 aromatic carbocycles. The van der Waals surface area contributed by atoms with Gasteiger partial charge in [0.25, 0.3) is 11.1 Å². The fraction of sp³-hybridized carbons (Fsp3) is 0.0455. The van der Waals surface area contributed by atoms with Crippen molar-refractivity contribution in [2.45, 2.75) is 6.54 Å². The first kappa shape index (κ1) is 19.7. The monoisotopic (exact) mass is 422 g/mol. The van der Waals surface area contributed by atoms with Gasteiger partial charge in [-0.05, 0) is 71.9 Å². The molecular weight excluding hydrogens is 407 g/mol. The Morgan fingerprint density at radius 2 is 1.73 bits per heavy atom. The van der Waals surface area contributed by atoms with Gasteiger partial charge in [-0.2, -0.15) is 0 Å². The van der Waals surface area contributed by atoms with E-state index in [-0.39, 0.29) is 28.1 Å². The van der Waals surface area contributed by atoms with Gasteiger partial charge in [0.2, 0.25) is 0 Å². The van der Waals surface area contributed by atoms with Gasteiger partial charge in [0.15, 0.2) is 0 Å². The van der Waals surface area contributed by atoms with Gasteiger partial charge in [0.05, 0.1) is 17.0 Å². The van der Waals surface area contributed by atoms with Crippen LogP contribution in [0.3, 0.4) is 0 Å². The first-order chi connectivity index (χ1) is 14.4. The minimum absolute atomic E-state index is 0.0694. The van der Waals surface area contributed by atoms with E-state index < -0.39 is 11.9 Å². The predicted molar refractivity (Wildman–Crippen MR) is 111 cm³/mol. The Kier molecular flexibility index (Phi) is 5.24. The lowest BCUT2D eigenvalue weighted by Crippen LogP contribution is -2.27. The lowest BCUT2D eigenvalue weighted by Gasteiger charge is -2.12. The summed E-state index contributed by atoms with van der Waals surface area (Å²) in [7, 11) is 0. The first-order valence-corrected chi connectivity index (χ1v) is 9.75. The van der Waals surface area contributed by atoms with Crippen LogP contribution in [0.4, 0.5) is 9.18 Å². The molecule has 0 aliphatic carbocycles. The molecule has 4 rings (SSSR count). The summed E-state index contributed by atoms with van der Waals surface area (Å²) in [6.45, 7) is 0.0694. The molecule has 3 aromatic rings. The number of hydrogen-bond donors (Lipinski definition) is 1. The van der Waals surface area contributed by atoms with E-state index in [0.29, 0.717) is 11.3 Å². The normalized spacial score (nSPS) is 15.2. The molecule has 6 nitrogen and oxygen atoms in total. The van der Waals surface area contributed by atoms with Crippen molar-refractivity contribution in [3.63, 3.8) is 0 Å². The third-order valence-electron chi connectivity index (χ3n) is 4.58. The van der Waals surface area contributed by atoms with Crippen molar-refractivity contribution in [3.8, 4) is 5.69 Å². The standard InChI is InChI=1S/C22H15FN2O4S/c23-16-7-3-14(4-8-16)13-25-20(26)19(30-22(25)29)12-18-2-1-11-24(18)17-9-5-15(6-10-17)21(27)28/h1-12H,13H2,(H,27,28)/b19-12+. The van der Waals surface area contributed by atoms with Crippen LogP contribution in [-0.2, 0) is 11.3 Å². The Labute approximate surface area is 175 Å². The minimum atomic E-state index is -1.01. The van der Waals surface area contributed by atoms with E-state index in [0.717, 1.165) is 22.3 Å². The number of halogens is 1. The average molecular weight is 422 g/mol. The highest BCUT2D eigenvalue weighted by atomic mass is 32.2. The van der Waals surface area contributed by atoms with Crippen molar-refractivity contribution >= 4 is 35.0 Å². The molecule has 150 valence electrons. The van der Waals surface area contributed by atoms with Gasteiger partial charge in [-0.3, -0.25) is 14.5 Å². The summed E-state index contributed by atoms with van der Waals surface area (Å²) in [5.41, 5.74) is 2.23. The number of hydrogen-bond acceptors (Lipinski definition) is 4. The highest BCUT2D eigenvalue weighted by molar-refractivity contribution is 8.18. The van der Waals surface area contributed by atoms with Crippen LogP contribution in [0, 0.1) is 5.82 Å². The van der Waals surface area contributed by atoms with Gasteiger partial charge in [0.1, 0.15) is 5.82 Å². The SMILES string of the molecule is O=C(O)c1ccc(-n2cccc2/C=C2/SC(=O)N(Cc3ccc(F)cc3)C2=O)cc1. The molecule has 1 aliphatic rings. The Morgan fingerprint density at radius 3 is 2.40 bits per heavy atom. The van der Waals surface area contributed by atoms with Gasteiger partial charge >= 0.3 is 5.97 Å². The molecule has 0 saturated carbocycles. The van der Waals surface area contributed by atoms with E-state index in [1.165, 1.54) is 36.4 Å². The van der Waals surface area contributed by atoms with Gasteiger partial charge in [-0.1, -0.05) is 12.1 Å². The Balaban J connectivity index is 1.58. The highest BCUT2D eigenvalue weighted by Gasteiger charge is 2.35. The summed E-state index contributed by atoms with van der Waals surface area (Å²) in [5.74, 6) is -1.81. The molecule has 2 heterocycles. The zero-order chi connectivity index (χ0) is 21.3. The number of carboxylic acid groups (broad SMARTS) is 1. The number of benzene rings is 2. The highest BCUT2D eigenvalue weighted by Crippen LogP contribution is 2.33. The zero-order valence-electron chi connectivity index (χ0n) is 15.5. The number of rotatable bonds is 5. The summed E-state index contributed by atoms with van der Waals surface area (Å²) < 4.78 is 14.9. The van der Waals surface area contributed by atoms with Crippen molar-refractivity contribution in [2.24, 2.45) is 0 Å². The quantitative estimate of drug-likeness (QED) is 0.610. The second-order valence-electron chi connectivity index (χ2n) is 6.55. The van der Waals surface area contributed by atoms with Crippen molar-refractivity contribution < 1.29 is 23.9 Å². The van der Waals surface area contributed by atoms with Gasteiger partial charge in [-0.25, -0.2) is 9.18 Å². The van der Waals surface area contributed by atoms with Crippen molar-refractivity contribution in [3.05, 3.63) is 94.4 Å². The molecule has 0 radical (unpaired) electrons. The van der Waals surface area contributed by atoms with E-state index in [1.54, 1.807) is 41.1 Å². The van der Waals surface area contributed by atoms with Crippen LogP contribution in [-0.4, -0.2) is 31.7 Å². The molecule has 8 heteroatoms. The molecule has 0 atom stereocenters. The van der Waals surface area contributed by atoms with Gasteiger partial charge in [0, 0.05) is 17.6 Å².